The number of aliphatic hydroxyl groups is 1. The molecule has 5 heteroatoms. The normalized spacial score (nSPS) is 26.6. The van der Waals surface area contributed by atoms with Crippen LogP contribution in [-0.4, -0.2) is 35.6 Å². The van der Waals surface area contributed by atoms with E-state index in [0.717, 1.165) is 31.7 Å². The molecule has 3 nitrogen and oxygen atoms in total. The molecule has 2 aliphatic rings. The van der Waals surface area contributed by atoms with Crippen LogP contribution in [0.3, 0.4) is 0 Å². The van der Waals surface area contributed by atoms with Gasteiger partial charge in [-0.1, -0.05) is 25.8 Å². The number of carbonyl (C=O) groups is 1. The van der Waals surface area contributed by atoms with E-state index < -0.39 is 17.0 Å². The zero-order valence-corrected chi connectivity index (χ0v) is 14.2. The molecule has 0 spiro atoms. The van der Waals surface area contributed by atoms with Gasteiger partial charge in [-0.25, -0.2) is 8.78 Å². The van der Waals surface area contributed by atoms with E-state index in [4.69, 9.17) is 0 Å². The topological polar surface area (TPSA) is 40.5 Å². The monoisotopic (exact) mass is 337 g/mol. The Hall–Kier alpha value is -1.49. The van der Waals surface area contributed by atoms with Crippen molar-refractivity contribution in [3.63, 3.8) is 0 Å². The number of aliphatic hydroxyl groups excluding tert-OH is 1. The first-order valence-electron chi connectivity index (χ1n) is 8.76. The van der Waals surface area contributed by atoms with Gasteiger partial charge < -0.3 is 10.0 Å². The lowest BCUT2D eigenvalue weighted by atomic mass is 9.75. The number of amides is 1. The first-order valence-corrected chi connectivity index (χ1v) is 8.76. The molecule has 1 unspecified atom stereocenters. The maximum atomic E-state index is 14.4. The van der Waals surface area contributed by atoms with Crippen molar-refractivity contribution in [3.8, 4) is 0 Å². The van der Waals surface area contributed by atoms with Gasteiger partial charge in [-0.2, -0.15) is 0 Å². The summed E-state index contributed by atoms with van der Waals surface area (Å²) in [7, 11) is 0. The molecule has 1 saturated heterocycles. The summed E-state index contributed by atoms with van der Waals surface area (Å²) in [6, 6.07) is 3.54. The zero-order chi connectivity index (χ0) is 17.4. The van der Waals surface area contributed by atoms with E-state index in [0.29, 0.717) is 31.5 Å². The third-order valence-corrected chi connectivity index (χ3v) is 5.76. The highest BCUT2D eigenvalue weighted by Gasteiger charge is 2.48. The van der Waals surface area contributed by atoms with Crippen molar-refractivity contribution in [1.82, 2.24) is 4.90 Å². The van der Waals surface area contributed by atoms with Crippen LogP contribution in [0, 0.1) is 17.0 Å². The Morgan fingerprint density at radius 1 is 1.21 bits per heavy atom. The van der Waals surface area contributed by atoms with Gasteiger partial charge in [-0.05, 0) is 31.7 Å². The molecule has 2 fully saturated rings. The molecule has 0 bridgehead atoms. The van der Waals surface area contributed by atoms with E-state index in [1.165, 1.54) is 12.1 Å². The fourth-order valence-corrected chi connectivity index (χ4v) is 4.38. The molecule has 0 aromatic heterocycles. The fraction of sp³-hybridized carbons (Fsp3) is 0.632. The van der Waals surface area contributed by atoms with Crippen molar-refractivity contribution in [3.05, 3.63) is 35.4 Å². The van der Waals surface area contributed by atoms with Crippen molar-refractivity contribution < 1.29 is 18.7 Å². The molecule has 3 rings (SSSR count). The van der Waals surface area contributed by atoms with E-state index in [1.807, 2.05) is 6.92 Å². The first-order chi connectivity index (χ1) is 11.4. The highest BCUT2D eigenvalue weighted by Crippen LogP contribution is 2.45. The van der Waals surface area contributed by atoms with Crippen molar-refractivity contribution in [2.45, 2.75) is 50.9 Å². The van der Waals surface area contributed by atoms with E-state index in [1.54, 1.807) is 4.90 Å². The van der Waals surface area contributed by atoms with Gasteiger partial charge in [0.2, 0.25) is 5.91 Å². The van der Waals surface area contributed by atoms with E-state index in [2.05, 4.69) is 0 Å². The summed E-state index contributed by atoms with van der Waals surface area (Å²) in [4.78, 5) is 15.1. The van der Waals surface area contributed by atoms with Gasteiger partial charge >= 0.3 is 0 Å². The van der Waals surface area contributed by atoms with Crippen LogP contribution >= 0.6 is 0 Å². The number of hydrogen-bond donors (Lipinski definition) is 1. The number of nitrogens with zero attached hydrogens (tertiary/aromatic N) is 1. The Morgan fingerprint density at radius 2 is 1.92 bits per heavy atom. The molecule has 1 amide bonds. The number of piperidine rings is 1. The maximum Gasteiger partial charge on any atom is 0.233 e. The predicted octanol–water partition coefficient (Wildman–Crippen LogP) is 3.40. The molecule has 1 aromatic rings. The first kappa shape index (κ1) is 17.3. The van der Waals surface area contributed by atoms with E-state index in [9.17, 15) is 18.7 Å². The molecule has 1 saturated carbocycles. The summed E-state index contributed by atoms with van der Waals surface area (Å²) in [6.07, 6.45) is 4.65. The molecular formula is C19H25F2NO2. The van der Waals surface area contributed by atoms with Gasteiger partial charge in [0.1, 0.15) is 11.6 Å². The Bertz CT molecular complexity index is 628. The predicted molar refractivity (Wildman–Crippen MR) is 87.5 cm³/mol. The van der Waals surface area contributed by atoms with Crippen LogP contribution in [0.15, 0.2) is 18.2 Å². The highest BCUT2D eigenvalue weighted by atomic mass is 19.1. The Balaban J connectivity index is 1.94. The Kier molecular flexibility index (Phi) is 4.65. The third kappa shape index (κ3) is 2.94. The van der Waals surface area contributed by atoms with Crippen molar-refractivity contribution in [2.24, 2.45) is 5.41 Å². The van der Waals surface area contributed by atoms with Crippen LogP contribution in [0.25, 0.3) is 0 Å². The molecule has 1 aromatic carbocycles. The summed E-state index contributed by atoms with van der Waals surface area (Å²) < 4.78 is 27.7. The summed E-state index contributed by atoms with van der Waals surface area (Å²) in [5.41, 5.74) is -0.858. The highest BCUT2D eigenvalue weighted by molar-refractivity contribution is 5.89. The molecule has 1 atom stereocenters. The molecular weight excluding hydrogens is 312 g/mol. The van der Waals surface area contributed by atoms with Crippen LogP contribution in [0.4, 0.5) is 8.78 Å². The van der Waals surface area contributed by atoms with E-state index >= 15 is 0 Å². The second kappa shape index (κ2) is 6.43. The van der Waals surface area contributed by atoms with Crippen LogP contribution in [0.5, 0.6) is 0 Å². The van der Waals surface area contributed by atoms with Gasteiger partial charge in [0.25, 0.3) is 0 Å². The zero-order valence-electron chi connectivity index (χ0n) is 14.2. The second-order valence-electron chi connectivity index (χ2n) is 7.71. The minimum atomic E-state index is -0.883. The summed E-state index contributed by atoms with van der Waals surface area (Å²) >= 11 is 0. The lowest BCUT2D eigenvalue weighted by Crippen LogP contribution is -2.52. The minimum Gasteiger partial charge on any atom is -0.396 e. The average molecular weight is 337 g/mol. The van der Waals surface area contributed by atoms with Crippen molar-refractivity contribution in [1.29, 1.82) is 0 Å². The van der Waals surface area contributed by atoms with Crippen LogP contribution in [-0.2, 0) is 10.2 Å². The smallest absolute Gasteiger partial charge is 0.233 e. The number of carbonyl (C=O) groups excluding carboxylic acids is 1. The van der Waals surface area contributed by atoms with Gasteiger partial charge in [0.05, 0.1) is 12.0 Å². The number of benzene rings is 1. The second-order valence-corrected chi connectivity index (χ2v) is 7.71. The van der Waals surface area contributed by atoms with Crippen LogP contribution in [0.2, 0.25) is 0 Å². The molecule has 1 aliphatic heterocycles. The SMILES string of the molecule is CC1(CO)CCCN(C(=O)C2(c3ccc(F)cc3F)CCCC2)C1. The Morgan fingerprint density at radius 3 is 2.54 bits per heavy atom. The quantitative estimate of drug-likeness (QED) is 0.918. The van der Waals surface area contributed by atoms with Gasteiger partial charge in [0.15, 0.2) is 0 Å². The molecule has 1 aliphatic carbocycles. The molecule has 1 heterocycles. The lowest BCUT2D eigenvalue weighted by molar-refractivity contribution is -0.141. The lowest BCUT2D eigenvalue weighted by Gasteiger charge is -2.43. The Labute approximate surface area is 141 Å². The van der Waals surface area contributed by atoms with Crippen LogP contribution in [0.1, 0.15) is 51.0 Å². The molecule has 0 radical (unpaired) electrons. The standard InChI is InChI=1S/C19H25F2NO2/c1-18(13-23)7-4-10-22(12-18)17(24)19(8-2-3-9-19)15-6-5-14(20)11-16(15)21/h5-6,11,23H,2-4,7-10,12-13H2,1H3. The number of rotatable bonds is 3. The molecule has 24 heavy (non-hydrogen) atoms. The van der Waals surface area contributed by atoms with Crippen molar-refractivity contribution in [2.75, 3.05) is 19.7 Å². The summed E-state index contributed by atoms with van der Waals surface area (Å²) in [5, 5.41) is 9.63. The fourth-order valence-electron chi connectivity index (χ4n) is 4.38. The summed E-state index contributed by atoms with van der Waals surface area (Å²) in [6.45, 7) is 3.15. The summed E-state index contributed by atoms with van der Waals surface area (Å²) in [5.74, 6) is -1.32. The van der Waals surface area contributed by atoms with E-state index in [-0.39, 0.29) is 17.9 Å². The largest absolute Gasteiger partial charge is 0.396 e. The number of hydrogen-bond acceptors (Lipinski definition) is 2. The van der Waals surface area contributed by atoms with Crippen LogP contribution < -0.4 is 0 Å². The van der Waals surface area contributed by atoms with Gasteiger partial charge in [0, 0.05) is 30.1 Å². The average Bonchev–Trinajstić information content (AvgIpc) is 3.05. The third-order valence-electron chi connectivity index (χ3n) is 5.76. The molecule has 1 N–H and O–H groups in total. The number of likely N-dealkylation sites (tertiary alicyclic amines) is 1. The maximum absolute atomic E-state index is 14.4. The van der Waals surface area contributed by atoms with Gasteiger partial charge in [-0.3, -0.25) is 4.79 Å². The number of halogens is 2. The van der Waals surface area contributed by atoms with Gasteiger partial charge in [-0.15, -0.1) is 0 Å². The molecule has 132 valence electrons. The van der Waals surface area contributed by atoms with Crippen molar-refractivity contribution >= 4 is 5.91 Å². The minimum absolute atomic E-state index is 0.0364.